The maximum Gasteiger partial charge on any atom is 0.130 e. The molecule has 2 N–H and O–H groups in total. The van der Waals surface area contributed by atoms with Crippen LogP contribution in [0.4, 0.5) is 0 Å². The van der Waals surface area contributed by atoms with Crippen molar-refractivity contribution in [2.45, 2.75) is 19.4 Å². The summed E-state index contributed by atoms with van der Waals surface area (Å²) < 4.78 is 1.98. The number of aryl methyl sites for hydroxylation is 2. The molecule has 0 fully saturated rings. The summed E-state index contributed by atoms with van der Waals surface area (Å²) in [5.41, 5.74) is 7.54. The minimum Gasteiger partial charge on any atom is -0.336 e. The van der Waals surface area contributed by atoms with E-state index in [9.17, 15) is 0 Å². The lowest BCUT2D eigenvalue weighted by atomic mass is 10.1. The van der Waals surface area contributed by atoms with E-state index in [1.807, 2.05) is 17.8 Å². The van der Waals surface area contributed by atoms with E-state index in [1.54, 1.807) is 17.5 Å². The minimum atomic E-state index is -0.0973. The molecule has 2 heterocycles. The van der Waals surface area contributed by atoms with Crippen LogP contribution in [0.15, 0.2) is 23.8 Å². The lowest BCUT2D eigenvalue weighted by molar-refractivity contribution is 0.721. The molecule has 0 bridgehead atoms. The number of nitrogens with zero attached hydrogens (tertiary/aromatic N) is 2. The number of thiophene rings is 1. The predicted molar refractivity (Wildman–Crippen MR) is 62.9 cm³/mol. The van der Waals surface area contributed by atoms with E-state index < -0.39 is 0 Å². The van der Waals surface area contributed by atoms with Crippen molar-refractivity contribution in [3.8, 4) is 0 Å². The van der Waals surface area contributed by atoms with Gasteiger partial charge in [-0.05, 0) is 23.4 Å². The van der Waals surface area contributed by atoms with E-state index in [1.165, 1.54) is 10.4 Å². The van der Waals surface area contributed by atoms with Gasteiger partial charge in [-0.3, -0.25) is 0 Å². The first-order valence-corrected chi connectivity index (χ1v) is 5.91. The first-order valence-electron chi connectivity index (χ1n) is 5.03. The zero-order chi connectivity index (χ0) is 10.8. The molecule has 80 valence electrons. The molecule has 1 atom stereocenters. The highest BCUT2D eigenvalue weighted by Gasteiger charge is 2.17. The van der Waals surface area contributed by atoms with Gasteiger partial charge in [0.15, 0.2) is 0 Å². The van der Waals surface area contributed by atoms with Crippen LogP contribution in [0.3, 0.4) is 0 Å². The fourth-order valence-corrected chi connectivity index (χ4v) is 2.70. The molecule has 0 saturated carbocycles. The van der Waals surface area contributed by atoms with Crippen molar-refractivity contribution < 1.29 is 0 Å². The van der Waals surface area contributed by atoms with Gasteiger partial charge in [0, 0.05) is 24.3 Å². The molecule has 1 unspecified atom stereocenters. The smallest absolute Gasteiger partial charge is 0.130 e. The van der Waals surface area contributed by atoms with E-state index in [4.69, 9.17) is 5.73 Å². The minimum absolute atomic E-state index is 0.0973. The molecule has 15 heavy (non-hydrogen) atoms. The van der Waals surface area contributed by atoms with E-state index in [0.29, 0.717) is 0 Å². The van der Waals surface area contributed by atoms with Gasteiger partial charge in [-0.25, -0.2) is 4.98 Å². The Balaban J connectivity index is 2.36. The Kier molecular flexibility index (Phi) is 2.88. The van der Waals surface area contributed by atoms with Crippen molar-refractivity contribution in [2.75, 3.05) is 0 Å². The van der Waals surface area contributed by atoms with Crippen molar-refractivity contribution in [1.82, 2.24) is 9.55 Å². The lowest BCUT2D eigenvalue weighted by Gasteiger charge is -2.11. The van der Waals surface area contributed by atoms with Crippen molar-refractivity contribution in [2.24, 2.45) is 12.8 Å². The molecule has 2 aromatic heterocycles. The number of rotatable bonds is 3. The molecular weight excluding hydrogens is 206 g/mol. The Bertz CT molecular complexity index is 444. The van der Waals surface area contributed by atoms with Crippen molar-refractivity contribution in [1.29, 1.82) is 0 Å². The van der Waals surface area contributed by atoms with Gasteiger partial charge in [-0.15, -0.1) is 11.3 Å². The molecule has 2 rings (SSSR count). The quantitative estimate of drug-likeness (QED) is 0.862. The van der Waals surface area contributed by atoms with E-state index in [2.05, 4.69) is 23.4 Å². The molecule has 0 amide bonds. The Hall–Kier alpha value is -1.13. The summed E-state index contributed by atoms with van der Waals surface area (Å²) in [7, 11) is 1.97. The fourth-order valence-electron chi connectivity index (χ4n) is 1.71. The van der Waals surface area contributed by atoms with Gasteiger partial charge in [0.25, 0.3) is 0 Å². The third kappa shape index (κ3) is 1.82. The van der Waals surface area contributed by atoms with Gasteiger partial charge in [0.05, 0.1) is 6.04 Å². The molecule has 4 heteroatoms. The zero-order valence-corrected chi connectivity index (χ0v) is 9.79. The number of nitrogens with two attached hydrogens (primary N) is 1. The molecule has 3 nitrogen and oxygen atoms in total. The van der Waals surface area contributed by atoms with Crippen LogP contribution in [-0.4, -0.2) is 9.55 Å². The molecule has 2 aromatic rings. The third-order valence-electron chi connectivity index (χ3n) is 2.58. The van der Waals surface area contributed by atoms with Gasteiger partial charge >= 0.3 is 0 Å². The van der Waals surface area contributed by atoms with Crippen molar-refractivity contribution >= 4 is 11.3 Å². The normalized spacial score (nSPS) is 13.0. The molecule has 0 aromatic carbocycles. The van der Waals surface area contributed by atoms with Gasteiger partial charge in [0.1, 0.15) is 5.82 Å². The summed E-state index contributed by atoms with van der Waals surface area (Å²) in [5.74, 6) is 0.923. The first-order chi connectivity index (χ1) is 7.24. The predicted octanol–water partition coefficient (Wildman–Crippen LogP) is 2.09. The molecule has 0 saturated heterocycles. The van der Waals surface area contributed by atoms with Crippen LogP contribution in [0.5, 0.6) is 0 Å². The Morgan fingerprint density at radius 2 is 2.40 bits per heavy atom. The number of hydrogen-bond donors (Lipinski definition) is 1. The highest BCUT2D eigenvalue weighted by molar-refractivity contribution is 7.10. The van der Waals surface area contributed by atoms with Crippen LogP contribution >= 0.6 is 11.3 Å². The van der Waals surface area contributed by atoms with Crippen LogP contribution in [0.1, 0.15) is 29.2 Å². The van der Waals surface area contributed by atoms with Gasteiger partial charge in [-0.2, -0.15) is 0 Å². The molecule has 0 spiro atoms. The third-order valence-corrected chi connectivity index (χ3v) is 3.62. The highest BCUT2D eigenvalue weighted by Crippen LogP contribution is 2.27. The largest absolute Gasteiger partial charge is 0.336 e. The Morgan fingerprint density at radius 3 is 3.00 bits per heavy atom. The molecule has 0 radical (unpaired) electrons. The first kappa shape index (κ1) is 10.4. The number of hydrogen-bond acceptors (Lipinski definition) is 3. The highest BCUT2D eigenvalue weighted by atomic mass is 32.1. The second-order valence-electron chi connectivity index (χ2n) is 3.54. The standard InChI is InChI=1S/C11H15N3S/c1-3-8-4-7-15-10(8)9(12)11-13-5-6-14(11)2/h4-7,9H,3,12H2,1-2H3. The lowest BCUT2D eigenvalue weighted by Crippen LogP contribution is -2.16. The van der Waals surface area contributed by atoms with Crippen LogP contribution < -0.4 is 5.73 Å². The SMILES string of the molecule is CCc1ccsc1C(N)c1nccn1C. The van der Waals surface area contributed by atoms with Crippen LogP contribution in [0, 0.1) is 0 Å². The van der Waals surface area contributed by atoms with E-state index >= 15 is 0 Å². The molecular formula is C11H15N3S. The van der Waals surface area contributed by atoms with Crippen LogP contribution in [0.2, 0.25) is 0 Å². The maximum absolute atomic E-state index is 6.21. The number of imidazole rings is 1. The van der Waals surface area contributed by atoms with E-state index in [0.717, 1.165) is 12.2 Å². The second-order valence-corrected chi connectivity index (χ2v) is 4.49. The molecule has 0 aliphatic carbocycles. The average molecular weight is 221 g/mol. The van der Waals surface area contributed by atoms with Crippen molar-refractivity contribution in [3.05, 3.63) is 40.1 Å². The maximum atomic E-state index is 6.21. The summed E-state index contributed by atoms with van der Waals surface area (Å²) >= 11 is 1.71. The summed E-state index contributed by atoms with van der Waals surface area (Å²) in [6.07, 6.45) is 4.74. The summed E-state index contributed by atoms with van der Waals surface area (Å²) in [4.78, 5) is 5.52. The summed E-state index contributed by atoms with van der Waals surface area (Å²) in [6.45, 7) is 2.15. The van der Waals surface area contributed by atoms with Crippen molar-refractivity contribution in [3.63, 3.8) is 0 Å². The average Bonchev–Trinajstić information content (AvgIpc) is 2.84. The topological polar surface area (TPSA) is 43.8 Å². The fraction of sp³-hybridized carbons (Fsp3) is 0.364. The van der Waals surface area contributed by atoms with Crippen LogP contribution in [-0.2, 0) is 13.5 Å². The zero-order valence-electron chi connectivity index (χ0n) is 8.97. The number of aromatic nitrogens is 2. The summed E-state index contributed by atoms with van der Waals surface area (Å²) in [6, 6.07) is 2.04. The molecule has 0 aliphatic rings. The monoisotopic (exact) mass is 221 g/mol. The van der Waals surface area contributed by atoms with Crippen LogP contribution in [0.25, 0.3) is 0 Å². The second kappa shape index (κ2) is 4.16. The van der Waals surface area contributed by atoms with Gasteiger partial charge in [0.2, 0.25) is 0 Å². The van der Waals surface area contributed by atoms with Gasteiger partial charge in [-0.1, -0.05) is 6.92 Å². The van der Waals surface area contributed by atoms with E-state index in [-0.39, 0.29) is 6.04 Å². The van der Waals surface area contributed by atoms with Gasteiger partial charge < -0.3 is 10.3 Å². The Morgan fingerprint density at radius 1 is 1.60 bits per heavy atom. The molecule has 0 aliphatic heterocycles. The summed E-state index contributed by atoms with van der Waals surface area (Å²) in [5, 5.41) is 2.09. The Labute approximate surface area is 93.6 Å².